The largest absolute Gasteiger partial charge is 0.472 e. The SMILES string of the molecule is CNC.O=P(O)(OCC(F)(F)C(F)F)OCC(F)(F)C(F)F. The molecule has 0 fully saturated rings. The van der Waals surface area contributed by atoms with Crippen LogP contribution in [0.4, 0.5) is 35.1 Å². The number of rotatable bonds is 8. The molecule has 136 valence electrons. The van der Waals surface area contributed by atoms with E-state index in [2.05, 4.69) is 14.4 Å². The molecule has 0 aliphatic carbocycles. The van der Waals surface area contributed by atoms with Gasteiger partial charge in [-0.25, -0.2) is 22.1 Å². The Labute approximate surface area is 120 Å². The van der Waals surface area contributed by atoms with Gasteiger partial charge in [-0.1, -0.05) is 0 Å². The molecule has 0 aliphatic heterocycles. The van der Waals surface area contributed by atoms with E-state index in [1.165, 1.54) is 0 Å². The summed E-state index contributed by atoms with van der Waals surface area (Å²) in [7, 11) is -1.84. The topological polar surface area (TPSA) is 67.8 Å². The zero-order chi connectivity index (χ0) is 18.2. The molecule has 0 radical (unpaired) electrons. The van der Waals surface area contributed by atoms with Crippen molar-refractivity contribution in [2.75, 3.05) is 27.3 Å². The van der Waals surface area contributed by atoms with Crippen molar-refractivity contribution >= 4 is 7.82 Å². The maximum Gasteiger partial charge on any atom is 0.472 e. The van der Waals surface area contributed by atoms with E-state index in [1.54, 1.807) is 0 Å². The number of halogens is 8. The molecule has 0 unspecified atom stereocenters. The molecule has 0 aromatic heterocycles. The van der Waals surface area contributed by atoms with Gasteiger partial charge >= 0.3 is 32.5 Å². The summed E-state index contributed by atoms with van der Waals surface area (Å²) in [6, 6.07) is 0. The lowest BCUT2D eigenvalue weighted by Gasteiger charge is -2.20. The normalized spacial score (nSPS) is 13.3. The van der Waals surface area contributed by atoms with Gasteiger partial charge in [0.1, 0.15) is 13.2 Å². The summed E-state index contributed by atoms with van der Waals surface area (Å²) in [6.07, 6.45) is -8.48. The summed E-state index contributed by atoms with van der Waals surface area (Å²) < 4.78 is 113. The van der Waals surface area contributed by atoms with Crippen molar-refractivity contribution in [1.29, 1.82) is 0 Å². The Morgan fingerprint density at radius 2 is 1.18 bits per heavy atom. The minimum absolute atomic E-state index is 1.88. The van der Waals surface area contributed by atoms with Crippen LogP contribution in [0.25, 0.3) is 0 Å². The summed E-state index contributed by atoms with van der Waals surface area (Å²) in [6.45, 7) is -4.61. The highest BCUT2D eigenvalue weighted by atomic mass is 31.2. The maximum absolute atomic E-state index is 12.2. The molecular weight excluding hydrogens is 357 g/mol. The Kier molecular flexibility index (Phi) is 10.4. The number of nitrogens with one attached hydrogen (secondary N) is 1. The zero-order valence-electron chi connectivity index (χ0n) is 11.2. The third kappa shape index (κ3) is 10.3. The monoisotopic (exact) mass is 371 g/mol. The lowest BCUT2D eigenvalue weighted by atomic mass is 10.4. The van der Waals surface area contributed by atoms with Gasteiger partial charge in [-0.3, -0.25) is 9.05 Å². The number of alkyl halides is 8. The van der Waals surface area contributed by atoms with E-state index < -0.39 is 45.7 Å². The third-order valence-corrected chi connectivity index (χ3v) is 2.39. The third-order valence-electron chi connectivity index (χ3n) is 1.48. The van der Waals surface area contributed by atoms with Gasteiger partial charge in [0.25, 0.3) is 0 Å². The van der Waals surface area contributed by atoms with Crippen LogP contribution in [0.5, 0.6) is 0 Å². The van der Waals surface area contributed by atoms with Crippen LogP contribution in [0, 0.1) is 0 Å². The Balaban J connectivity index is 0. The molecule has 0 atom stereocenters. The van der Waals surface area contributed by atoms with Crippen LogP contribution in [0.2, 0.25) is 0 Å². The molecule has 0 saturated heterocycles. The smallest absolute Gasteiger partial charge is 0.323 e. The van der Waals surface area contributed by atoms with E-state index in [0.29, 0.717) is 0 Å². The van der Waals surface area contributed by atoms with E-state index >= 15 is 0 Å². The van der Waals surface area contributed by atoms with Crippen LogP contribution in [0.1, 0.15) is 0 Å². The second kappa shape index (κ2) is 9.60. The van der Waals surface area contributed by atoms with Crippen molar-refractivity contribution in [3.8, 4) is 0 Å². The minimum Gasteiger partial charge on any atom is -0.323 e. The Morgan fingerprint density at radius 1 is 0.955 bits per heavy atom. The lowest BCUT2D eigenvalue weighted by Crippen LogP contribution is -2.33. The van der Waals surface area contributed by atoms with Crippen molar-refractivity contribution < 1.29 is 53.6 Å². The average Bonchev–Trinajstić information content (AvgIpc) is 2.35. The molecule has 0 rings (SSSR count). The van der Waals surface area contributed by atoms with E-state index in [4.69, 9.17) is 4.89 Å². The first-order valence-corrected chi connectivity index (χ1v) is 6.73. The summed E-state index contributed by atoms with van der Waals surface area (Å²) >= 11 is 0. The molecule has 0 bridgehead atoms. The van der Waals surface area contributed by atoms with Crippen LogP contribution in [-0.2, 0) is 13.6 Å². The van der Waals surface area contributed by atoms with E-state index in [1.807, 2.05) is 14.1 Å². The second-order valence-electron chi connectivity index (χ2n) is 3.64. The molecule has 5 nitrogen and oxygen atoms in total. The summed E-state index contributed by atoms with van der Waals surface area (Å²) in [5.74, 6) is -9.65. The molecule has 0 aliphatic rings. The highest BCUT2D eigenvalue weighted by molar-refractivity contribution is 7.47. The fourth-order valence-corrected chi connectivity index (χ4v) is 1.24. The van der Waals surface area contributed by atoms with Gasteiger partial charge in [-0.15, -0.1) is 0 Å². The molecule has 0 saturated carbocycles. The van der Waals surface area contributed by atoms with Gasteiger partial charge < -0.3 is 10.2 Å². The van der Waals surface area contributed by atoms with Crippen LogP contribution in [0.3, 0.4) is 0 Å². The highest BCUT2D eigenvalue weighted by Crippen LogP contribution is 2.46. The van der Waals surface area contributed by atoms with Crippen LogP contribution in [0.15, 0.2) is 0 Å². The van der Waals surface area contributed by atoms with Gasteiger partial charge in [0.15, 0.2) is 0 Å². The van der Waals surface area contributed by atoms with Crippen molar-refractivity contribution in [2.45, 2.75) is 24.7 Å². The average molecular weight is 371 g/mol. The predicted molar refractivity (Wildman–Crippen MR) is 58.6 cm³/mol. The summed E-state index contributed by atoms with van der Waals surface area (Å²) in [4.78, 5) is 8.56. The molecule has 2 N–H and O–H groups in total. The molecule has 0 amide bonds. The number of phosphoric acid groups is 1. The first-order valence-electron chi connectivity index (χ1n) is 5.24. The Bertz CT molecular complexity index is 329. The highest BCUT2D eigenvalue weighted by Gasteiger charge is 2.46. The first kappa shape index (κ1) is 23.8. The van der Waals surface area contributed by atoms with E-state index in [-0.39, 0.29) is 0 Å². The molecule has 14 heteroatoms. The van der Waals surface area contributed by atoms with Gasteiger partial charge in [0, 0.05) is 0 Å². The number of phosphoric ester groups is 1. The summed E-state index contributed by atoms with van der Waals surface area (Å²) in [5.41, 5.74) is 0. The van der Waals surface area contributed by atoms with Gasteiger partial charge in [-0.05, 0) is 14.1 Å². The fourth-order valence-electron chi connectivity index (χ4n) is 0.499. The van der Waals surface area contributed by atoms with Crippen LogP contribution < -0.4 is 5.32 Å². The predicted octanol–water partition coefficient (Wildman–Crippen LogP) is 2.76. The maximum atomic E-state index is 12.2. The van der Waals surface area contributed by atoms with Gasteiger partial charge in [-0.2, -0.15) is 17.6 Å². The molecule has 22 heavy (non-hydrogen) atoms. The first-order chi connectivity index (χ1) is 9.72. The van der Waals surface area contributed by atoms with Crippen molar-refractivity contribution in [1.82, 2.24) is 5.32 Å². The van der Waals surface area contributed by atoms with Crippen molar-refractivity contribution in [3.05, 3.63) is 0 Å². The van der Waals surface area contributed by atoms with Crippen molar-refractivity contribution in [3.63, 3.8) is 0 Å². The quantitative estimate of drug-likeness (QED) is 0.507. The fraction of sp³-hybridized carbons (Fsp3) is 1.00. The van der Waals surface area contributed by atoms with Gasteiger partial charge in [0.05, 0.1) is 0 Å². The van der Waals surface area contributed by atoms with Crippen LogP contribution in [-0.4, -0.2) is 56.9 Å². The molecular formula is C8H14F8NO4P. The lowest BCUT2D eigenvalue weighted by molar-refractivity contribution is -0.161. The molecule has 0 aromatic rings. The van der Waals surface area contributed by atoms with Crippen molar-refractivity contribution in [2.24, 2.45) is 0 Å². The minimum atomic E-state index is -5.59. The molecule has 0 heterocycles. The van der Waals surface area contributed by atoms with Gasteiger partial charge in [0.2, 0.25) is 0 Å². The number of hydrogen-bond donors (Lipinski definition) is 2. The Morgan fingerprint density at radius 3 is 1.36 bits per heavy atom. The zero-order valence-corrected chi connectivity index (χ0v) is 12.1. The van der Waals surface area contributed by atoms with E-state index in [0.717, 1.165) is 0 Å². The second-order valence-corrected chi connectivity index (χ2v) is 5.09. The van der Waals surface area contributed by atoms with Crippen LogP contribution >= 0.6 is 7.82 Å². The number of hydrogen-bond acceptors (Lipinski definition) is 4. The molecule has 0 spiro atoms. The van der Waals surface area contributed by atoms with E-state index in [9.17, 15) is 39.7 Å². The summed E-state index contributed by atoms with van der Waals surface area (Å²) in [5, 5.41) is 2.75. The Hall–Kier alpha value is -0.490. The standard InChI is InChI=1S/C6H7F8O4P.C2H7N/c7-3(8)5(11,12)1-17-19(15,16)18-2-6(13,14)4(9)10;1-3-2/h3-4H,1-2H2,(H,15,16);3H,1-2H3. The molecule has 0 aromatic carbocycles.